The molecular formula is C19H28O5S. The van der Waals surface area contributed by atoms with Crippen molar-refractivity contribution in [3.05, 3.63) is 35.4 Å². The number of rotatable bonds is 11. The predicted octanol–water partition coefficient (Wildman–Crippen LogP) is 2.90. The largest absolute Gasteiger partial charge is 0.469 e. The first-order chi connectivity index (χ1) is 11.7. The van der Waals surface area contributed by atoms with Crippen molar-refractivity contribution in [1.29, 1.82) is 0 Å². The maximum Gasteiger partial charge on any atom is 0.309 e. The summed E-state index contributed by atoms with van der Waals surface area (Å²) in [4.78, 5) is 23.4. The third-order valence-electron chi connectivity index (χ3n) is 4.07. The molecule has 0 heterocycles. The number of carbonyl (C=O) groups is 2. The van der Waals surface area contributed by atoms with Crippen LogP contribution in [0.5, 0.6) is 0 Å². The van der Waals surface area contributed by atoms with Crippen LogP contribution in [0.15, 0.2) is 24.3 Å². The molecule has 6 heteroatoms. The number of hydrogen-bond donors (Lipinski definition) is 0. The molecule has 0 aliphatic carbocycles. The van der Waals surface area contributed by atoms with Gasteiger partial charge in [0.15, 0.2) is 9.84 Å². The average Bonchev–Trinajstić information content (AvgIpc) is 2.54. The molecule has 0 atom stereocenters. The van der Waals surface area contributed by atoms with Crippen molar-refractivity contribution < 1.29 is 22.7 Å². The number of ketones is 1. The lowest BCUT2D eigenvalue weighted by atomic mass is 10.0. The first-order valence-corrected chi connectivity index (χ1v) is 10.3. The quantitative estimate of drug-likeness (QED) is 0.443. The van der Waals surface area contributed by atoms with Crippen molar-refractivity contribution in [3.8, 4) is 0 Å². The van der Waals surface area contributed by atoms with Crippen LogP contribution in [0, 0.1) is 0 Å². The monoisotopic (exact) mass is 368 g/mol. The molecule has 1 aromatic carbocycles. The summed E-state index contributed by atoms with van der Waals surface area (Å²) in [6.45, 7) is 3.38. The Labute approximate surface area is 150 Å². The third-order valence-corrected chi connectivity index (χ3v) is 6.37. The summed E-state index contributed by atoms with van der Waals surface area (Å²) in [5.74, 6) is 0.00999. The highest BCUT2D eigenvalue weighted by Crippen LogP contribution is 2.11. The molecule has 25 heavy (non-hydrogen) atoms. The molecule has 1 aromatic rings. The maximum absolute atomic E-state index is 12.1. The fourth-order valence-corrected chi connectivity index (χ4v) is 3.52. The Bertz CT molecular complexity index is 677. The Kier molecular flexibility index (Phi) is 8.83. The van der Waals surface area contributed by atoms with Crippen LogP contribution < -0.4 is 0 Å². The Morgan fingerprint density at radius 1 is 1.04 bits per heavy atom. The van der Waals surface area contributed by atoms with E-state index in [1.165, 1.54) is 7.11 Å². The van der Waals surface area contributed by atoms with Crippen LogP contribution in [0.4, 0.5) is 0 Å². The number of Topliss-reactive ketones (excluding diaryl/α,β-unsaturated/α-hetero) is 1. The first-order valence-electron chi connectivity index (χ1n) is 8.62. The van der Waals surface area contributed by atoms with Gasteiger partial charge < -0.3 is 4.74 Å². The smallest absolute Gasteiger partial charge is 0.309 e. The number of methoxy groups -OCH3 is 1. The van der Waals surface area contributed by atoms with Crippen LogP contribution in [0.1, 0.15) is 50.7 Å². The van der Waals surface area contributed by atoms with Crippen molar-refractivity contribution in [1.82, 2.24) is 0 Å². The summed E-state index contributed by atoms with van der Waals surface area (Å²) in [7, 11) is -1.64. The molecule has 140 valence electrons. The minimum absolute atomic E-state index is 0.127. The van der Waals surface area contributed by atoms with E-state index in [9.17, 15) is 18.0 Å². The normalized spacial score (nSPS) is 11.5. The minimum Gasteiger partial charge on any atom is -0.469 e. The summed E-state index contributed by atoms with van der Waals surface area (Å²) in [6, 6.07) is 7.38. The van der Waals surface area contributed by atoms with E-state index in [0.717, 1.165) is 17.5 Å². The zero-order valence-corrected chi connectivity index (χ0v) is 16.1. The highest BCUT2D eigenvalue weighted by molar-refractivity contribution is 7.91. The molecule has 0 radical (unpaired) electrons. The van der Waals surface area contributed by atoms with Crippen LogP contribution in [-0.4, -0.2) is 38.3 Å². The van der Waals surface area contributed by atoms with E-state index in [1.807, 2.05) is 24.3 Å². The number of benzene rings is 1. The van der Waals surface area contributed by atoms with Crippen molar-refractivity contribution >= 4 is 21.6 Å². The Hall–Kier alpha value is -1.69. The topological polar surface area (TPSA) is 77.5 Å². The van der Waals surface area contributed by atoms with E-state index in [0.29, 0.717) is 25.7 Å². The van der Waals surface area contributed by atoms with E-state index in [4.69, 9.17) is 0 Å². The average molecular weight is 368 g/mol. The zero-order chi connectivity index (χ0) is 18.9. The van der Waals surface area contributed by atoms with Gasteiger partial charge in [-0.15, -0.1) is 0 Å². The van der Waals surface area contributed by atoms with Gasteiger partial charge >= 0.3 is 5.97 Å². The fourth-order valence-electron chi connectivity index (χ4n) is 2.44. The van der Waals surface area contributed by atoms with E-state index in [1.54, 1.807) is 13.8 Å². The zero-order valence-electron chi connectivity index (χ0n) is 15.3. The number of ether oxygens (including phenoxy) is 1. The fraction of sp³-hybridized carbons (Fsp3) is 0.579. The van der Waals surface area contributed by atoms with Crippen molar-refractivity contribution in [3.63, 3.8) is 0 Å². The Balaban J connectivity index is 2.35. The first kappa shape index (κ1) is 21.4. The highest BCUT2D eigenvalue weighted by Gasteiger charge is 2.15. The molecule has 0 spiro atoms. The van der Waals surface area contributed by atoms with E-state index in [-0.39, 0.29) is 29.2 Å². The van der Waals surface area contributed by atoms with E-state index < -0.39 is 9.84 Å². The molecule has 1 rings (SSSR count). The van der Waals surface area contributed by atoms with Crippen LogP contribution in [0.2, 0.25) is 0 Å². The van der Waals surface area contributed by atoms with Gasteiger partial charge in [0.25, 0.3) is 0 Å². The second-order valence-electron chi connectivity index (χ2n) is 6.51. The summed E-state index contributed by atoms with van der Waals surface area (Å²) >= 11 is 0. The van der Waals surface area contributed by atoms with E-state index >= 15 is 0 Å². The summed E-state index contributed by atoms with van der Waals surface area (Å²) < 4.78 is 28.0. The molecular weight excluding hydrogens is 340 g/mol. The van der Waals surface area contributed by atoms with Gasteiger partial charge in [0.1, 0.15) is 5.78 Å². The number of sulfone groups is 1. The molecule has 0 unspecified atom stereocenters. The number of hydrogen-bond acceptors (Lipinski definition) is 5. The van der Waals surface area contributed by atoms with Gasteiger partial charge in [-0.1, -0.05) is 30.7 Å². The van der Waals surface area contributed by atoms with Gasteiger partial charge in [0, 0.05) is 12.8 Å². The van der Waals surface area contributed by atoms with Crippen LogP contribution in [0.3, 0.4) is 0 Å². The van der Waals surface area contributed by atoms with Crippen molar-refractivity contribution in [2.75, 3.05) is 12.9 Å². The summed E-state index contributed by atoms with van der Waals surface area (Å²) in [5.41, 5.74) is 1.71. The maximum atomic E-state index is 12.1. The lowest BCUT2D eigenvalue weighted by Crippen LogP contribution is -2.17. The van der Waals surface area contributed by atoms with Gasteiger partial charge in [-0.25, -0.2) is 8.42 Å². The molecule has 0 aliphatic heterocycles. The van der Waals surface area contributed by atoms with Crippen LogP contribution >= 0.6 is 0 Å². The number of unbranched alkanes of at least 4 members (excludes halogenated alkanes) is 2. The highest BCUT2D eigenvalue weighted by atomic mass is 32.2. The van der Waals surface area contributed by atoms with Crippen LogP contribution in [-0.2, 0) is 37.0 Å². The predicted molar refractivity (Wildman–Crippen MR) is 98.3 cm³/mol. The van der Waals surface area contributed by atoms with Gasteiger partial charge in [-0.05, 0) is 37.8 Å². The Morgan fingerprint density at radius 3 is 2.28 bits per heavy atom. The third kappa shape index (κ3) is 8.29. The van der Waals surface area contributed by atoms with Crippen molar-refractivity contribution in [2.24, 2.45) is 0 Å². The molecule has 0 aromatic heterocycles. The SMILES string of the molecule is COC(=O)Cc1cccc(CC(=O)CCCCCS(=O)(=O)C(C)C)c1. The molecule has 0 N–H and O–H groups in total. The van der Waals surface area contributed by atoms with Crippen LogP contribution in [0.25, 0.3) is 0 Å². The summed E-state index contributed by atoms with van der Waals surface area (Å²) in [6.07, 6.45) is 3.02. The lowest BCUT2D eigenvalue weighted by molar-refractivity contribution is -0.139. The Morgan fingerprint density at radius 2 is 1.68 bits per heavy atom. The minimum atomic E-state index is -2.99. The standard InChI is InChI=1S/C19H28O5S/c1-15(2)25(22,23)11-6-4-5-10-18(20)13-16-8-7-9-17(12-16)14-19(21)24-3/h7-9,12,15H,4-6,10-11,13-14H2,1-3H3. The molecule has 0 saturated carbocycles. The van der Waals surface area contributed by atoms with Gasteiger partial charge in [0.2, 0.25) is 0 Å². The number of carbonyl (C=O) groups excluding carboxylic acids is 2. The number of esters is 1. The molecule has 0 bridgehead atoms. The van der Waals surface area contributed by atoms with Crippen molar-refractivity contribution in [2.45, 2.75) is 57.6 Å². The van der Waals surface area contributed by atoms with Gasteiger partial charge in [-0.3, -0.25) is 9.59 Å². The lowest BCUT2D eigenvalue weighted by Gasteiger charge is -2.07. The molecule has 0 fully saturated rings. The second-order valence-corrected chi connectivity index (χ2v) is 9.19. The van der Waals surface area contributed by atoms with Gasteiger partial charge in [-0.2, -0.15) is 0 Å². The molecule has 0 saturated heterocycles. The van der Waals surface area contributed by atoms with E-state index in [2.05, 4.69) is 4.74 Å². The summed E-state index contributed by atoms with van der Waals surface area (Å²) in [5, 5.41) is -0.341. The molecule has 0 aliphatic rings. The molecule has 5 nitrogen and oxygen atoms in total. The van der Waals surface area contributed by atoms with Gasteiger partial charge in [0.05, 0.1) is 24.5 Å². The second kappa shape index (κ2) is 10.3. The molecule has 0 amide bonds.